The van der Waals surface area contributed by atoms with Gasteiger partial charge >= 0.3 is 5.97 Å². The second-order valence-electron chi connectivity index (χ2n) is 1.73. The molecule has 0 amide bonds. The van der Waals surface area contributed by atoms with Crippen LogP contribution in [-0.4, -0.2) is 17.7 Å². The molecule has 0 atom stereocenters. The molecule has 0 aromatic heterocycles. The van der Waals surface area contributed by atoms with Crippen molar-refractivity contribution in [2.45, 2.75) is 0 Å². The van der Waals surface area contributed by atoms with E-state index in [9.17, 15) is 4.79 Å². The second kappa shape index (κ2) is 1.93. The SMILES string of the molecule is C=C1C=C(C(=O)O)CO1. The molecule has 0 radical (unpaired) electrons. The molecule has 0 aliphatic carbocycles. The van der Waals surface area contributed by atoms with Crippen molar-refractivity contribution in [3.05, 3.63) is 24.0 Å². The van der Waals surface area contributed by atoms with Gasteiger partial charge in [0.15, 0.2) is 0 Å². The first-order chi connectivity index (χ1) is 4.20. The van der Waals surface area contributed by atoms with Gasteiger partial charge in [-0.05, 0) is 6.08 Å². The number of carboxylic acids is 1. The van der Waals surface area contributed by atoms with Gasteiger partial charge in [-0.3, -0.25) is 0 Å². The summed E-state index contributed by atoms with van der Waals surface area (Å²) in [5.74, 6) is -0.513. The predicted octanol–water partition coefficient (Wildman–Crippen LogP) is 0.541. The first kappa shape index (κ1) is 5.88. The Morgan fingerprint density at radius 2 is 2.56 bits per heavy atom. The molecule has 0 fully saturated rings. The third-order valence-electron chi connectivity index (χ3n) is 1.02. The van der Waals surface area contributed by atoms with E-state index < -0.39 is 5.97 Å². The summed E-state index contributed by atoms with van der Waals surface area (Å²) in [6.45, 7) is 3.57. The van der Waals surface area contributed by atoms with Crippen LogP contribution in [0, 0.1) is 0 Å². The molecule has 1 aliphatic rings. The van der Waals surface area contributed by atoms with Crippen LogP contribution in [0.2, 0.25) is 0 Å². The summed E-state index contributed by atoms with van der Waals surface area (Å²) in [6.07, 6.45) is 1.42. The Hall–Kier alpha value is -1.25. The molecule has 1 N–H and O–H groups in total. The maximum atomic E-state index is 10.2. The van der Waals surface area contributed by atoms with Crippen molar-refractivity contribution in [1.29, 1.82) is 0 Å². The molecule has 3 nitrogen and oxygen atoms in total. The van der Waals surface area contributed by atoms with Crippen LogP contribution in [0.1, 0.15) is 0 Å². The van der Waals surface area contributed by atoms with Crippen LogP contribution in [0.4, 0.5) is 0 Å². The maximum Gasteiger partial charge on any atom is 0.335 e. The molecule has 1 heterocycles. The number of hydrogen-bond donors (Lipinski definition) is 1. The molecule has 0 saturated heterocycles. The lowest BCUT2D eigenvalue weighted by Gasteiger charge is -1.91. The van der Waals surface area contributed by atoms with E-state index in [1.54, 1.807) is 0 Å². The van der Waals surface area contributed by atoms with Crippen molar-refractivity contribution >= 4 is 5.97 Å². The lowest BCUT2D eigenvalue weighted by molar-refractivity contribution is -0.132. The van der Waals surface area contributed by atoms with Crippen molar-refractivity contribution in [1.82, 2.24) is 0 Å². The van der Waals surface area contributed by atoms with Crippen LogP contribution in [0.25, 0.3) is 0 Å². The minimum Gasteiger partial charge on any atom is -0.489 e. The summed E-state index contributed by atoms with van der Waals surface area (Å²) in [6, 6.07) is 0. The third kappa shape index (κ3) is 1.10. The first-order valence-electron chi connectivity index (χ1n) is 2.45. The molecule has 0 spiro atoms. The van der Waals surface area contributed by atoms with Gasteiger partial charge in [0.25, 0.3) is 0 Å². The number of rotatable bonds is 1. The summed E-state index contributed by atoms with van der Waals surface area (Å²) < 4.78 is 4.76. The van der Waals surface area contributed by atoms with Crippen LogP contribution < -0.4 is 0 Å². The Morgan fingerprint density at radius 1 is 1.89 bits per heavy atom. The Kier molecular flexibility index (Phi) is 1.26. The molecule has 1 rings (SSSR count). The predicted molar refractivity (Wildman–Crippen MR) is 30.8 cm³/mol. The molecule has 0 unspecified atom stereocenters. The van der Waals surface area contributed by atoms with E-state index in [2.05, 4.69) is 6.58 Å². The van der Waals surface area contributed by atoms with E-state index in [1.807, 2.05) is 0 Å². The van der Waals surface area contributed by atoms with Gasteiger partial charge in [-0.2, -0.15) is 0 Å². The van der Waals surface area contributed by atoms with Crippen molar-refractivity contribution < 1.29 is 14.6 Å². The van der Waals surface area contributed by atoms with E-state index >= 15 is 0 Å². The normalized spacial score (nSPS) is 16.9. The van der Waals surface area contributed by atoms with Gasteiger partial charge in [0.1, 0.15) is 12.4 Å². The van der Waals surface area contributed by atoms with Crippen molar-refractivity contribution in [2.24, 2.45) is 0 Å². The molecular weight excluding hydrogens is 120 g/mol. The lowest BCUT2D eigenvalue weighted by atomic mass is 10.3. The van der Waals surface area contributed by atoms with Crippen LogP contribution >= 0.6 is 0 Å². The first-order valence-corrected chi connectivity index (χ1v) is 2.45. The largest absolute Gasteiger partial charge is 0.489 e. The molecule has 9 heavy (non-hydrogen) atoms. The topological polar surface area (TPSA) is 46.5 Å². The van der Waals surface area contributed by atoms with E-state index in [0.29, 0.717) is 5.76 Å². The van der Waals surface area contributed by atoms with Gasteiger partial charge < -0.3 is 9.84 Å². The molecule has 0 saturated carbocycles. The zero-order chi connectivity index (χ0) is 6.85. The van der Waals surface area contributed by atoms with Crippen molar-refractivity contribution in [3.8, 4) is 0 Å². The highest BCUT2D eigenvalue weighted by Crippen LogP contribution is 2.12. The van der Waals surface area contributed by atoms with E-state index in [-0.39, 0.29) is 12.2 Å². The van der Waals surface area contributed by atoms with Gasteiger partial charge in [0.05, 0.1) is 5.57 Å². The van der Waals surface area contributed by atoms with E-state index in [4.69, 9.17) is 9.84 Å². The van der Waals surface area contributed by atoms with E-state index in [1.165, 1.54) is 6.08 Å². The smallest absolute Gasteiger partial charge is 0.335 e. The number of aliphatic carboxylic acids is 1. The highest BCUT2D eigenvalue weighted by molar-refractivity contribution is 5.88. The van der Waals surface area contributed by atoms with Gasteiger partial charge in [-0.25, -0.2) is 4.79 Å². The van der Waals surface area contributed by atoms with Crippen LogP contribution in [0.5, 0.6) is 0 Å². The second-order valence-corrected chi connectivity index (χ2v) is 1.73. The van der Waals surface area contributed by atoms with Gasteiger partial charge in [0, 0.05) is 0 Å². The Labute approximate surface area is 52.2 Å². The highest BCUT2D eigenvalue weighted by atomic mass is 16.5. The summed E-state index contributed by atoms with van der Waals surface area (Å²) in [5, 5.41) is 8.34. The molecule has 1 aliphatic heterocycles. The van der Waals surface area contributed by atoms with Crippen LogP contribution in [-0.2, 0) is 9.53 Å². The number of allylic oxidation sites excluding steroid dienone is 1. The fraction of sp³-hybridized carbons (Fsp3) is 0.167. The lowest BCUT2D eigenvalue weighted by Crippen LogP contribution is -2.00. The van der Waals surface area contributed by atoms with Crippen LogP contribution in [0.3, 0.4) is 0 Å². The Balaban J connectivity index is 2.74. The standard InChI is InChI=1S/C6H6O3/c1-4-2-5(3-9-4)6(7)8/h2H,1,3H2,(H,7,8). The van der Waals surface area contributed by atoms with Crippen LogP contribution in [0.15, 0.2) is 24.0 Å². The molecule has 0 aromatic rings. The summed E-state index contributed by atoms with van der Waals surface area (Å²) in [5.41, 5.74) is 0.264. The number of ether oxygens (including phenoxy) is 1. The van der Waals surface area contributed by atoms with Gasteiger partial charge in [-0.15, -0.1) is 0 Å². The molecular formula is C6H6O3. The third-order valence-corrected chi connectivity index (χ3v) is 1.02. The maximum absolute atomic E-state index is 10.2. The zero-order valence-corrected chi connectivity index (χ0v) is 4.76. The molecule has 0 aromatic carbocycles. The highest BCUT2D eigenvalue weighted by Gasteiger charge is 2.14. The monoisotopic (exact) mass is 126 g/mol. The summed E-state index contributed by atoms with van der Waals surface area (Å²) in [4.78, 5) is 10.2. The van der Waals surface area contributed by atoms with Gasteiger partial charge in [0.2, 0.25) is 0 Å². The minimum atomic E-state index is -0.936. The van der Waals surface area contributed by atoms with E-state index in [0.717, 1.165) is 0 Å². The zero-order valence-electron chi connectivity index (χ0n) is 4.76. The summed E-state index contributed by atoms with van der Waals surface area (Å²) in [7, 11) is 0. The molecule has 48 valence electrons. The Bertz CT molecular complexity index is 190. The number of carbonyl (C=O) groups is 1. The molecule has 0 bridgehead atoms. The van der Waals surface area contributed by atoms with Crippen molar-refractivity contribution in [3.63, 3.8) is 0 Å². The quantitative estimate of drug-likeness (QED) is 0.557. The average molecular weight is 126 g/mol. The Morgan fingerprint density at radius 3 is 2.78 bits per heavy atom. The van der Waals surface area contributed by atoms with Gasteiger partial charge in [-0.1, -0.05) is 6.58 Å². The van der Waals surface area contributed by atoms with Crippen molar-refractivity contribution in [2.75, 3.05) is 6.61 Å². The fourth-order valence-corrected chi connectivity index (χ4v) is 0.572. The molecule has 3 heteroatoms. The average Bonchev–Trinajstić information content (AvgIpc) is 2.14. The summed E-state index contributed by atoms with van der Waals surface area (Å²) >= 11 is 0. The number of hydrogen-bond acceptors (Lipinski definition) is 2. The minimum absolute atomic E-state index is 0.147. The fourth-order valence-electron chi connectivity index (χ4n) is 0.572. The number of carboxylic acid groups (broad SMARTS) is 1.